The molecule has 0 aliphatic carbocycles. The molecule has 0 aliphatic heterocycles. The molecule has 162 valence electrons. The van der Waals surface area contributed by atoms with Gasteiger partial charge in [0, 0.05) is 24.4 Å². The van der Waals surface area contributed by atoms with Crippen LogP contribution in [0.4, 0.5) is 5.13 Å². The van der Waals surface area contributed by atoms with Crippen molar-refractivity contribution < 1.29 is 19.1 Å². The Hall–Kier alpha value is -3.39. The number of nitrogens with zero attached hydrogens (tertiary/aromatic N) is 1. The first kappa shape index (κ1) is 22.3. The van der Waals surface area contributed by atoms with Gasteiger partial charge in [-0.2, -0.15) is 0 Å². The van der Waals surface area contributed by atoms with Crippen molar-refractivity contribution >= 4 is 28.3 Å². The third-order valence-electron chi connectivity index (χ3n) is 4.21. The van der Waals surface area contributed by atoms with Crippen LogP contribution in [0, 0.1) is 0 Å². The maximum absolute atomic E-state index is 12.2. The molecule has 2 aromatic carbocycles. The molecule has 1 heterocycles. The van der Waals surface area contributed by atoms with E-state index < -0.39 is 0 Å². The molecule has 0 saturated carbocycles. The van der Waals surface area contributed by atoms with Crippen LogP contribution in [0.15, 0.2) is 53.9 Å². The summed E-state index contributed by atoms with van der Waals surface area (Å²) in [6.45, 7) is 4.58. The number of rotatable bonds is 10. The number of hydrogen-bond donors (Lipinski definition) is 2. The van der Waals surface area contributed by atoms with Gasteiger partial charge >= 0.3 is 0 Å². The summed E-state index contributed by atoms with van der Waals surface area (Å²) in [5.74, 6) is 1.03. The van der Waals surface area contributed by atoms with Crippen molar-refractivity contribution in [1.82, 2.24) is 10.3 Å². The van der Waals surface area contributed by atoms with Gasteiger partial charge in [0.15, 0.2) is 11.7 Å². The zero-order valence-corrected chi connectivity index (χ0v) is 18.3. The van der Waals surface area contributed by atoms with Crippen molar-refractivity contribution in [1.29, 1.82) is 0 Å². The topological polar surface area (TPSA) is 89.6 Å². The lowest BCUT2D eigenvalue weighted by atomic mass is 10.1. The van der Waals surface area contributed by atoms with E-state index in [0.717, 1.165) is 29.0 Å². The molecule has 0 unspecified atom stereocenters. The molecule has 7 nitrogen and oxygen atoms in total. The zero-order chi connectivity index (χ0) is 22.1. The van der Waals surface area contributed by atoms with Gasteiger partial charge in [-0.15, -0.1) is 11.3 Å². The molecule has 0 spiro atoms. The summed E-state index contributed by atoms with van der Waals surface area (Å²) in [6.07, 6.45) is 0.945. The number of aromatic nitrogens is 1. The van der Waals surface area contributed by atoms with E-state index in [2.05, 4.69) is 15.6 Å². The number of nitrogens with one attached hydrogen (secondary N) is 2. The minimum absolute atomic E-state index is 0.0639. The Labute approximate surface area is 185 Å². The maximum atomic E-state index is 12.2. The van der Waals surface area contributed by atoms with Gasteiger partial charge in [-0.25, -0.2) is 4.98 Å². The fourth-order valence-electron chi connectivity index (χ4n) is 2.64. The monoisotopic (exact) mass is 439 g/mol. The predicted octanol–water partition coefficient (Wildman–Crippen LogP) is 4.25. The summed E-state index contributed by atoms with van der Waals surface area (Å²) in [5, 5.41) is 7.91. The Morgan fingerprint density at radius 1 is 1.00 bits per heavy atom. The third kappa shape index (κ3) is 7.11. The Morgan fingerprint density at radius 2 is 1.68 bits per heavy atom. The smallest absolute Gasteiger partial charge is 0.264 e. The Kier molecular flexibility index (Phi) is 8.00. The van der Waals surface area contributed by atoms with Crippen LogP contribution in [0.5, 0.6) is 11.5 Å². The zero-order valence-electron chi connectivity index (χ0n) is 17.5. The summed E-state index contributed by atoms with van der Waals surface area (Å²) in [6, 6.07) is 14.9. The van der Waals surface area contributed by atoms with Crippen LogP contribution in [0.3, 0.4) is 0 Å². The van der Waals surface area contributed by atoms with Crippen molar-refractivity contribution in [2.75, 3.05) is 18.5 Å². The first-order valence-electron chi connectivity index (χ1n) is 9.98. The molecule has 0 saturated heterocycles. The highest BCUT2D eigenvalue weighted by molar-refractivity contribution is 7.14. The van der Waals surface area contributed by atoms with Crippen LogP contribution in [-0.2, 0) is 16.1 Å². The van der Waals surface area contributed by atoms with Gasteiger partial charge in [0.05, 0.1) is 12.3 Å². The highest BCUT2D eigenvalue weighted by Gasteiger charge is 2.09. The van der Waals surface area contributed by atoms with Crippen molar-refractivity contribution in [3.05, 3.63) is 59.5 Å². The number of amides is 2. The standard InChI is InChI=1S/C23H25N3O4S/c1-3-12-29-19-8-10-20(11-9-19)30-14-22(28)26-23-25-21(15-31-23)18-6-4-17(5-7-18)13-24-16(2)27/h4-11,15H,3,12-14H2,1-2H3,(H,24,27)(H,25,26,28). The van der Waals surface area contributed by atoms with E-state index in [1.165, 1.54) is 18.3 Å². The molecular weight excluding hydrogens is 414 g/mol. The van der Waals surface area contributed by atoms with Crippen LogP contribution in [0.1, 0.15) is 25.8 Å². The number of carbonyl (C=O) groups excluding carboxylic acids is 2. The lowest BCUT2D eigenvalue weighted by Crippen LogP contribution is -2.20. The number of anilines is 1. The fraction of sp³-hybridized carbons (Fsp3) is 0.261. The molecule has 0 atom stereocenters. The van der Waals surface area contributed by atoms with E-state index in [0.29, 0.717) is 24.0 Å². The predicted molar refractivity (Wildman–Crippen MR) is 121 cm³/mol. The lowest BCUT2D eigenvalue weighted by Gasteiger charge is -2.08. The second-order valence-corrected chi connectivity index (χ2v) is 7.66. The molecule has 2 amide bonds. The van der Waals surface area contributed by atoms with Gasteiger partial charge in [-0.3, -0.25) is 14.9 Å². The van der Waals surface area contributed by atoms with Crippen LogP contribution in [0.25, 0.3) is 11.3 Å². The quantitative estimate of drug-likeness (QED) is 0.493. The molecule has 3 rings (SSSR count). The number of hydrogen-bond acceptors (Lipinski definition) is 6. The summed E-state index contributed by atoms with van der Waals surface area (Å²) in [5.41, 5.74) is 2.71. The average molecular weight is 440 g/mol. The van der Waals surface area contributed by atoms with Crippen molar-refractivity contribution in [3.8, 4) is 22.8 Å². The molecule has 2 N–H and O–H groups in total. The summed E-state index contributed by atoms with van der Waals surface area (Å²) >= 11 is 1.35. The minimum atomic E-state index is -0.280. The molecule has 0 radical (unpaired) electrons. The molecule has 1 aromatic heterocycles. The molecule has 31 heavy (non-hydrogen) atoms. The minimum Gasteiger partial charge on any atom is -0.494 e. The van der Waals surface area contributed by atoms with E-state index in [9.17, 15) is 9.59 Å². The van der Waals surface area contributed by atoms with Gasteiger partial charge in [0.1, 0.15) is 11.5 Å². The van der Waals surface area contributed by atoms with E-state index in [4.69, 9.17) is 9.47 Å². The van der Waals surface area contributed by atoms with Crippen LogP contribution in [0.2, 0.25) is 0 Å². The van der Waals surface area contributed by atoms with E-state index in [1.807, 2.05) is 48.7 Å². The van der Waals surface area contributed by atoms with Crippen LogP contribution >= 0.6 is 11.3 Å². The maximum Gasteiger partial charge on any atom is 0.264 e. The van der Waals surface area contributed by atoms with Crippen molar-refractivity contribution in [2.45, 2.75) is 26.8 Å². The van der Waals surface area contributed by atoms with Gasteiger partial charge in [-0.05, 0) is 36.2 Å². The van der Waals surface area contributed by atoms with Gasteiger partial charge in [0.25, 0.3) is 5.91 Å². The second kappa shape index (κ2) is 11.1. The summed E-state index contributed by atoms with van der Waals surface area (Å²) in [7, 11) is 0. The van der Waals surface area contributed by atoms with Crippen molar-refractivity contribution in [2.24, 2.45) is 0 Å². The summed E-state index contributed by atoms with van der Waals surface area (Å²) in [4.78, 5) is 27.7. The van der Waals surface area contributed by atoms with Gasteiger partial charge in [-0.1, -0.05) is 31.2 Å². The normalized spacial score (nSPS) is 10.4. The fourth-order valence-corrected chi connectivity index (χ4v) is 3.38. The Morgan fingerprint density at radius 3 is 2.32 bits per heavy atom. The van der Waals surface area contributed by atoms with E-state index in [-0.39, 0.29) is 18.4 Å². The third-order valence-corrected chi connectivity index (χ3v) is 4.97. The van der Waals surface area contributed by atoms with E-state index in [1.54, 1.807) is 12.1 Å². The lowest BCUT2D eigenvalue weighted by molar-refractivity contribution is -0.119. The number of ether oxygens (including phenoxy) is 2. The van der Waals surface area contributed by atoms with E-state index >= 15 is 0 Å². The first-order valence-corrected chi connectivity index (χ1v) is 10.9. The first-order chi connectivity index (χ1) is 15.0. The summed E-state index contributed by atoms with van der Waals surface area (Å²) < 4.78 is 11.0. The van der Waals surface area contributed by atoms with Crippen LogP contribution in [-0.4, -0.2) is 30.0 Å². The molecular formula is C23H25N3O4S. The van der Waals surface area contributed by atoms with Crippen molar-refractivity contribution in [3.63, 3.8) is 0 Å². The number of carbonyl (C=O) groups is 2. The highest BCUT2D eigenvalue weighted by atomic mass is 32.1. The number of benzene rings is 2. The van der Waals surface area contributed by atoms with Gasteiger partial charge < -0.3 is 14.8 Å². The average Bonchev–Trinajstić information content (AvgIpc) is 3.24. The molecule has 0 bridgehead atoms. The molecule has 0 fully saturated rings. The van der Waals surface area contributed by atoms with Gasteiger partial charge in [0.2, 0.25) is 5.91 Å². The second-order valence-electron chi connectivity index (χ2n) is 6.80. The SMILES string of the molecule is CCCOc1ccc(OCC(=O)Nc2nc(-c3ccc(CNC(C)=O)cc3)cs2)cc1. The largest absolute Gasteiger partial charge is 0.494 e. The molecule has 8 heteroatoms. The Balaban J connectivity index is 1.48. The molecule has 0 aliphatic rings. The molecule has 3 aromatic rings. The Bertz CT molecular complexity index is 1000. The highest BCUT2D eigenvalue weighted by Crippen LogP contribution is 2.25. The number of thiazole rings is 1. The van der Waals surface area contributed by atoms with Crippen LogP contribution < -0.4 is 20.1 Å².